The van der Waals surface area contributed by atoms with Crippen molar-refractivity contribution < 1.29 is 9.59 Å². The number of thioether (sulfide) groups is 1. The zero-order valence-electron chi connectivity index (χ0n) is 24.1. The summed E-state index contributed by atoms with van der Waals surface area (Å²) in [4.78, 5) is 27.1. The van der Waals surface area contributed by atoms with E-state index >= 15 is 0 Å². The van der Waals surface area contributed by atoms with Crippen molar-refractivity contribution in [1.82, 2.24) is 0 Å². The van der Waals surface area contributed by atoms with Gasteiger partial charge in [-0.25, -0.2) is 0 Å². The summed E-state index contributed by atoms with van der Waals surface area (Å²) >= 11 is 8.53. The van der Waals surface area contributed by atoms with E-state index < -0.39 is 0 Å². The highest BCUT2D eigenvalue weighted by Crippen LogP contribution is 2.44. The molecule has 3 aromatic rings. The Morgan fingerprint density at radius 2 is 1.83 bits per heavy atom. The maximum absolute atomic E-state index is 13.4. The van der Waals surface area contributed by atoms with Crippen LogP contribution in [-0.4, -0.2) is 22.1 Å². The van der Waals surface area contributed by atoms with Gasteiger partial charge in [0.05, 0.1) is 10.8 Å². The van der Waals surface area contributed by atoms with Crippen LogP contribution in [0.1, 0.15) is 73.8 Å². The van der Waals surface area contributed by atoms with Crippen LogP contribution in [0.3, 0.4) is 0 Å². The molecule has 1 amide bonds. The third kappa shape index (κ3) is 7.76. The summed E-state index contributed by atoms with van der Waals surface area (Å²) in [6.07, 6.45) is 3.56. The van der Waals surface area contributed by atoms with Crippen molar-refractivity contribution in [1.29, 1.82) is 5.26 Å². The summed E-state index contributed by atoms with van der Waals surface area (Å²) in [7, 11) is 0. The highest BCUT2D eigenvalue weighted by Gasteiger charge is 2.33. The molecule has 0 radical (unpaired) electrons. The summed E-state index contributed by atoms with van der Waals surface area (Å²) in [6, 6.07) is 17.3. The molecule has 0 spiro atoms. The molecule has 41 heavy (non-hydrogen) atoms. The molecule has 2 aromatic carbocycles. The van der Waals surface area contributed by atoms with Gasteiger partial charge in [-0.15, -0.1) is 23.1 Å². The molecule has 2 unspecified atom stereocenters. The van der Waals surface area contributed by atoms with Gasteiger partial charge in [0.25, 0.3) is 0 Å². The molecule has 1 aliphatic rings. The van der Waals surface area contributed by atoms with E-state index in [1.54, 1.807) is 23.5 Å². The molecule has 4 rings (SSSR count). The van der Waals surface area contributed by atoms with Gasteiger partial charge >= 0.3 is 0 Å². The average molecular weight is 605 g/mol. The average Bonchev–Trinajstić information content (AvgIpc) is 3.27. The number of rotatable bonds is 8. The number of amides is 1. The van der Waals surface area contributed by atoms with E-state index in [9.17, 15) is 14.9 Å². The van der Waals surface area contributed by atoms with Crippen LogP contribution in [-0.2, 0) is 17.6 Å². The number of nitriles is 1. The molecule has 1 aromatic heterocycles. The minimum absolute atomic E-state index is 0.0138. The number of benzene rings is 2. The predicted molar refractivity (Wildman–Crippen MR) is 175 cm³/mol. The zero-order chi connectivity index (χ0) is 29.7. The number of anilines is 3. The van der Waals surface area contributed by atoms with Crippen LogP contribution in [0.15, 0.2) is 53.4 Å². The van der Waals surface area contributed by atoms with Gasteiger partial charge in [0.1, 0.15) is 11.1 Å². The summed E-state index contributed by atoms with van der Waals surface area (Å²) in [6.45, 7) is 10.4. The second kappa shape index (κ2) is 13.2. The van der Waals surface area contributed by atoms with Crippen LogP contribution < -0.4 is 16.0 Å². The third-order valence-electron chi connectivity index (χ3n) is 7.42. The molecular formula is C32H36N4O2S3. The van der Waals surface area contributed by atoms with Crippen LogP contribution in [0.25, 0.3) is 0 Å². The fourth-order valence-corrected chi connectivity index (χ4v) is 7.47. The van der Waals surface area contributed by atoms with Crippen LogP contribution in [0.4, 0.5) is 16.4 Å². The number of hydrogen-bond acceptors (Lipinski definition) is 6. The lowest BCUT2D eigenvalue weighted by molar-refractivity contribution is -0.115. The number of Topliss-reactive ketones (excluding diaryl/α,β-unsaturated/α-hetero) is 1. The first-order valence-electron chi connectivity index (χ1n) is 13.8. The zero-order valence-corrected chi connectivity index (χ0v) is 26.5. The molecule has 214 valence electrons. The Kier molecular flexibility index (Phi) is 9.90. The van der Waals surface area contributed by atoms with E-state index in [0.29, 0.717) is 33.6 Å². The molecular weight excluding hydrogens is 569 g/mol. The smallest absolute Gasteiger partial charge is 0.238 e. The molecule has 2 atom stereocenters. The number of hydrogen-bond donors (Lipinski definition) is 3. The Morgan fingerprint density at radius 1 is 1.12 bits per heavy atom. The predicted octanol–water partition coefficient (Wildman–Crippen LogP) is 8.29. The minimum atomic E-state index is -0.317. The highest BCUT2D eigenvalue weighted by atomic mass is 32.2. The monoisotopic (exact) mass is 604 g/mol. The van der Waals surface area contributed by atoms with Crippen molar-refractivity contribution in [3.8, 4) is 6.07 Å². The quantitative estimate of drug-likeness (QED) is 0.135. The van der Waals surface area contributed by atoms with Crippen LogP contribution in [0.5, 0.6) is 0 Å². The van der Waals surface area contributed by atoms with Gasteiger partial charge in [0, 0.05) is 26.7 Å². The van der Waals surface area contributed by atoms with Gasteiger partial charge in [-0.1, -0.05) is 33.8 Å². The van der Waals surface area contributed by atoms with Gasteiger partial charge in [0.2, 0.25) is 5.91 Å². The maximum atomic E-state index is 13.4. The van der Waals surface area contributed by atoms with E-state index in [1.165, 1.54) is 23.6 Å². The van der Waals surface area contributed by atoms with Gasteiger partial charge in [0.15, 0.2) is 10.9 Å². The van der Waals surface area contributed by atoms with Crippen molar-refractivity contribution in [2.75, 3.05) is 16.0 Å². The molecule has 1 aliphatic carbocycles. The molecule has 0 fully saturated rings. The summed E-state index contributed by atoms with van der Waals surface area (Å²) < 4.78 is 0. The molecule has 0 bridgehead atoms. The topological polar surface area (TPSA) is 94.0 Å². The third-order valence-corrected chi connectivity index (χ3v) is 10.2. The number of fused-ring (bicyclic) bond motifs is 1. The molecule has 3 N–H and O–H groups in total. The van der Waals surface area contributed by atoms with E-state index in [2.05, 4.69) is 42.8 Å². The van der Waals surface area contributed by atoms with Crippen LogP contribution >= 0.6 is 35.3 Å². The van der Waals surface area contributed by atoms with E-state index in [4.69, 9.17) is 12.2 Å². The molecule has 0 saturated carbocycles. The van der Waals surface area contributed by atoms with Gasteiger partial charge < -0.3 is 16.0 Å². The van der Waals surface area contributed by atoms with Gasteiger partial charge in [-0.2, -0.15) is 5.26 Å². The van der Waals surface area contributed by atoms with E-state index in [0.717, 1.165) is 41.1 Å². The second-order valence-corrected chi connectivity index (χ2v) is 14.2. The summed E-state index contributed by atoms with van der Waals surface area (Å²) in [5.74, 6) is 0.489. The van der Waals surface area contributed by atoms with Crippen LogP contribution in [0.2, 0.25) is 0 Å². The first-order valence-corrected chi connectivity index (χ1v) is 15.9. The maximum Gasteiger partial charge on any atom is 0.238 e. The summed E-state index contributed by atoms with van der Waals surface area (Å²) in [5, 5.41) is 20.1. The summed E-state index contributed by atoms with van der Waals surface area (Å²) in [5.41, 5.74) is 4.19. The molecule has 0 saturated heterocycles. The van der Waals surface area contributed by atoms with Crippen molar-refractivity contribution in [3.05, 3.63) is 70.1 Å². The first-order chi connectivity index (χ1) is 19.5. The first kappa shape index (κ1) is 30.8. The largest absolute Gasteiger partial charge is 0.332 e. The molecule has 9 heteroatoms. The number of ketones is 1. The Morgan fingerprint density at radius 3 is 2.46 bits per heavy atom. The highest BCUT2D eigenvalue weighted by molar-refractivity contribution is 8.00. The Hall–Kier alpha value is -3.19. The fourth-order valence-electron chi connectivity index (χ4n) is 4.94. The molecule has 0 aliphatic heterocycles. The SMILES string of the molecule is CCC(Sc1cccc(NC(=S)Nc2ccc(C(C)=O)cc2)c1)C(=O)Nc1sc2c(c1C#N)CCC(C(C)(C)C)C2. The minimum Gasteiger partial charge on any atom is -0.332 e. The number of carbonyl (C=O) groups excluding carboxylic acids is 2. The van der Waals surface area contributed by atoms with Crippen molar-refractivity contribution >= 4 is 68.5 Å². The fraction of sp³-hybridized carbons (Fsp3) is 0.375. The number of nitrogens with one attached hydrogen (secondary N) is 3. The lowest BCUT2D eigenvalue weighted by atomic mass is 9.72. The molecule has 6 nitrogen and oxygen atoms in total. The number of thiophene rings is 1. The normalized spacial score (nSPS) is 15.3. The molecule has 1 heterocycles. The number of thiocarbonyl (C=S) groups is 1. The number of carbonyl (C=O) groups is 2. The lowest BCUT2D eigenvalue weighted by Crippen LogP contribution is -2.26. The second-order valence-electron chi connectivity index (χ2n) is 11.4. The lowest BCUT2D eigenvalue weighted by Gasteiger charge is -2.33. The van der Waals surface area contributed by atoms with Gasteiger partial charge in [-0.3, -0.25) is 9.59 Å². The van der Waals surface area contributed by atoms with Crippen molar-refractivity contribution in [3.63, 3.8) is 0 Å². The Bertz CT molecular complexity index is 1480. The Labute approximate surface area is 256 Å². The van der Waals surface area contributed by atoms with Crippen LogP contribution in [0, 0.1) is 22.7 Å². The standard InChI is InChI=1S/C32H36N4O2S3/c1-6-27(29(38)36-30-26(18-33)25-15-12-21(32(3,4)5)16-28(25)41-30)40-24-9-7-8-23(17-24)35-31(39)34-22-13-10-20(11-14-22)19(2)37/h7-11,13-14,17,21,27H,6,12,15-16H2,1-5H3,(H,36,38)(H2,34,35,39). The van der Waals surface area contributed by atoms with Crippen molar-refractivity contribution in [2.24, 2.45) is 11.3 Å². The van der Waals surface area contributed by atoms with E-state index in [-0.39, 0.29) is 22.4 Å². The Balaban J connectivity index is 1.40. The van der Waals surface area contributed by atoms with Crippen molar-refractivity contribution in [2.45, 2.75) is 70.4 Å². The van der Waals surface area contributed by atoms with E-state index in [1.807, 2.05) is 43.3 Å². The van der Waals surface area contributed by atoms with Gasteiger partial charge in [-0.05, 0) is 104 Å². The number of nitrogens with zero attached hydrogens (tertiary/aromatic N) is 1.